The summed E-state index contributed by atoms with van der Waals surface area (Å²) in [4.78, 5) is 24.7. The van der Waals surface area contributed by atoms with E-state index in [2.05, 4.69) is 5.32 Å². The first-order valence-corrected chi connectivity index (χ1v) is 8.10. The Morgan fingerprint density at radius 2 is 1.74 bits per heavy atom. The predicted octanol–water partition coefficient (Wildman–Crippen LogP) is 3.06. The number of benzene rings is 2. The Morgan fingerprint density at radius 3 is 2.43 bits per heavy atom. The zero-order valence-electron chi connectivity index (χ0n) is 12.7. The number of hydrogen-bond acceptors (Lipinski definition) is 2. The molecular formula is C19H18ClNO2. The molecule has 4 heteroatoms. The van der Waals surface area contributed by atoms with Crippen LogP contribution in [0.25, 0.3) is 0 Å². The topological polar surface area (TPSA) is 46.2 Å². The van der Waals surface area contributed by atoms with Crippen molar-refractivity contribution in [2.45, 2.75) is 12.8 Å². The van der Waals surface area contributed by atoms with Crippen LogP contribution in [0.2, 0.25) is 5.02 Å². The van der Waals surface area contributed by atoms with Gasteiger partial charge in [0.25, 0.3) is 0 Å². The molecule has 118 valence electrons. The van der Waals surface area contributed by atoms with E-state index < -0.39 is 5.92 Å². The molecule has 1 fully saturated rings. The van der Waals surface area contributed by atoms with Crippen LogP contribution in [0.15, 0.2) is 54.6 Å². The first-order valence-electron chi connectivity index (χ1n) is 7.72. The van der Waals surface area contributed by atoms with Crippen molar-refractivity contribution in [2.75, 3.05) is 6.54 Å². The number of carbonyl (C=O) groups excluding carboxylic acids is 2. The molecule has 1 amide bonds. The van der Waals surface area contributed by atoms with Gasteiger partial charge in [-0.2, -0.15) is 0 Å². The van der Waals surface area contributed by atoms with Crippen LogP contribution in [0.4, 0.5) is 0 Å². The average Bonchev–Trinajstić information content (AvgIpc) is 2.91. The summed E-state index contributed by atoms with van der Waals surface area (Å²) < 4.78 is 0. The smallest absolute Gasteiger partial charge is 0.230 e. The minimum Gasteiger partial charge on any atom is -0.355 e. The third-order valence-electron chi connectivity index (χ3n) is 4.27. The minimum absolute atomic E-state index is 0.0182. The standard InChI is InChI=1S/C19H18ClNO2/c20-16-8-6-14(7-9-16)11-17(22)18-15(12-21-19(18)23)10-13-4-2-1-3-5-13/h1-9,15,18H,10-12H2,(H,21,23)/t15?,18-/m1/s1. The lowest BCUT2D eigenvalue weighted by Crippen LogP contribution is -2.29. The van der Waals surface area contributed by atoms with Crippen LogP contribution < -0.4 is 5.32 Å². The van der Waals surface area contributed by atoms with E-state index in [4.69, 9.17) is 11.6 Å². The van der Waals surface area contributed by atoms with Gasteiger partial charge in [0.2, 0.25) is 5.91 Å². The van der Waals surface area contributed by atoms with Crippen molar-refractivity contribution < 1.29 is 9.59 Å². The predicted molar refractivity (Wildman–Crippen MR) is 90.3 cm³/mol. The molecule has 0 aliphatic carbocycles. The number of rotatable bonds is 5. The van der Waals surface area contributed by atoms with Crippen LogP contribution in [0.1, 0.15) is 11.1 Å². The van der Waals surface area contributed by atoms with E-state index in [0.29, 0.717) is 11.6 Å². The van der Waals surface area contributed by atoms with E-state index in [1.54, 1.807) is 12.1 Å². The normalized spacial score (nSPS) is 20.3. The maximum absolute atomic E-state index is 12.6. The number of hydrogen-bond donors (Lipinski definition) is 1. The molecule has 3 rings (SSSR count). The third-order valence-corrected chi connectivity index (χ3v) is 4.52. The maximum atomic E-state index is 12.6. The molecule has 2 aromatic carbocycles. The van der Waals surface area contributed by atoms with Gasteiger partial charge in [-0.25, -0.2) is 0 Å². The van der Waals surface area contributed by atoms with Crippen LogP contribution in [0.5, 0.6) is 0 Å². The van der Waals surface area contributed by atoms with Gasteiger partial charge in [0.15, 0.2) is 0 Å². The number of nitrogens with one attached hydrogen (secondary N) is 1. The SMILES string of the molecule is O=C(Cc1ccc(Cl)cc1)[C@@H]1C(=O)NCC1Cc1ccccc1. The van der Waals surface area contributed by atoms with Crippen LogP contribution in [0.3, 0.4) is 0 Å². The van der Waals surface area contributed by atoms with Crippen LogP contribution in [0, 0.1) is 11.8 Å². The van der Waals surface area contributed by atoms with Crippen molar-refractivity contribution in [2.24, 2.45) is 11.8 Å². The lowest BCUT2D eigenvalue weighted by Gasteiger charge is -2.16. The molecule has 1 aliphatic rings. The van der Waals surface area contributed by atoms with Gasteiger partial charge < -0.3 is 5.32 Å². The van der Waals surface area contributed by atoms with Crippen LogP contribution in [-0.4, -0.2) is 18.2 Å². The molecule has 0 bridgehead atoms. The number of Topliss-reactive ketones (excluding diaryl/α,β-unsaturated/α-hetero) is 1. The quantitative estimate of drug-likeness (QED) is 0.858. The van der Waals surface area contributed by atoms with Gasteiger partial charge in [0.1, 0.15) is 11.7 Å². The molecule has 2 aromatic rings. The fourth-order valence-electron chi connectivity index (χ4n) is 3.10. The summed E-state index contributed by atoms with van der Waals surface area (Å²) in [5.74, 6) is -0.719. The van der Waals surface area contributed by atoms with E-state index in [-0.39, 0.29) is 24.0 Å². The molecule has 2 atom stereocenters. The fourth-order valence-corrected chi connectivity index (χ4v) is 3.23. The van der Waals surface area contributed by atoms with Crippen molar-refractivity contribution >= 4 is 23.3 Å². The second-order valence-corrected chi connectivity index (χ2v) is 6.38. The highest BCUT2D eigenvalue weighted by atomic mass is 35.5. The zero-order valence-corrected chi connectivity index (χ0v) is 13.4. The summed E-state index contributed by atoms with van der Waals surface area (Å²) in [6, 6.07) is 17.2. The summed E-state index contributed by atoms with van der Waals surface area (Å²) in [5.41, 5.74) is 2.04. The fraction of sp³-hybridized carbons (Fsp3) is 0.263. The lowest BCUT2D eigenvalue weighted by atomic mass is 9.84. The Morgan fingerprint density at radius 1 is 1.04 bits per heavy atom. The molecule has 0 radical (unpaired) electrons. The monoisotopic (exact) mass is 327 g/mol. The van der Waals surface area contributed by atoms with Gasteiger partial charge in [0, 0.05) is 18.0 Å². The highest BCUT2D eigenvalue weighted by Gasteiger charge is 2.39. The number of ketones is 1. The highest BCUT2D eigenvalue weighted by molar-refractivity contribution is 6.30. The first kappa shape index (κ1) is 15.8. The van der Waals surface area contributed by atoms with Crippen LogP contribution >= 0.6 is 11.6 Å². The summed E-state index contributed by atoms with van der Waals surface area (Å²) in [5, 5.41) is 3.48. The number of carbonyl (C=O) groups is 2. The molecule has 1 N–H and O–H groups in total. The molecule has 0 spiro atoms. The van der Waals surface area contributed by atoms with Crippen molar-refractivity contribution in [3.63, 3.8) is 0 Å². The largest absolute Gasteiger partial charge is 0.355 e. The van der Waals surface area contributed by atoms with Gasteiger partial charge in [-0.15, -0.1) is 0 Å². The molecule has 1 saturated heterocycles. The second kappa shape index (κ2) is 6.97. The Hall–Kier alpha value is -2.13. The Bertz CT molecular complexity index is 697. The summed E-state index contributed by atoms with van der Waals surface area (Å²) in [6.07, 6.45) is 0.997. The van der Waals surface area contributed by atoms with Gasteiger partial charge in [-0.05, 0) is 35.6 Å². The number of halogens is 1. The second-order valence-electron chi connectivity index (χ2n) is 5.94. The minimum atomic E-state index is -0.564. The average molecular weight is 328 g/mol. The molecule has 1 unspecified atom stereocenters. The Labute approximate surface area is 140 Å². The van der Waals surface area contributed by atoms with Crippen molar-refractivity contribution in [3.05, 3.63) is 70.7 Å². The molecule has 1 aliphatic heterocycles. The molecule has 1 heterocycles. The molecule has 0 saturated carbocycles. The molecular weight excluding hydrogens is 310 g/mol. The van der Waals surface area contributed by atoms with Gasteiger partial charge >= 0.3 is 0 Å². The summed E-state index contributed by atoms with van der Waals surface area (Å²) >= 11 is 5.86. The molecule has 23 heavy (non-hydrogen) atoms. The summed E-state index contributed by atoms with van der Waals surface area (Å²) in [7, 11) is 0. The zero-order chi connectivity index (χ0) is 16.2. The van der Waals surface area contributed by atoms with E-state index in [0.717, 1.165) is 17.5 Å². The summed E-state index contributed by atoms with van der Waals surface area (Å²) in [6.45, 7) is 0.560. The van der Waals surface area contributed by atoms with Crippen LogP contribution in [-0.2, 0) is 22.4 Å². The Kier molecular flexibility index (Phi) is 4.77. The van der Waals surface area contributed by atoms with Gasteiger partial charge in [-0.3, -0.25) is 9.59 Å². The molecule has 3 nitrogen and oxygen atoms in total. The third kappa shape index (κ3) is 3.80. The van der Waals surface area contributed by atoms with Crippen molar-refractivity contribution in [1.82, 2.24) is 5.32 Å². The van der Waals surface area contributed by atoms with Gasteiger partial charge in [-0.1, -0.05) is 54.1 Å². The van der Waals surface area contributed by atoms with E-state index >= 15 is 0 Å². The first-order chi connectivity index (χ1) is 11.1. The Balaban J connectivity index is 1.71. The number of amides is 1. The van der Waals surface area contributed by atoms with Gasteiger partial charge in [0.05, 0.1) is 0 Å². The van der Waals surface area contributed by atoms with E-state index in [9.17, 15) is 9.59 Å². The lowest BCUT2D eigenvalue weighted by molar-refractivity contribution is -0.132. The molecule has 0 aromatic heterocycles. The van der Waals surface area contributed by atoms with Crippen molar-refractivity contribution in [1.29, 1.82) is 0 Å². The van der Waals surface area contributed by atoms with E-state index in [1.807, 2.05) is 42.5 Å². The maximum Gasteiger partial charge on any atom is 0.230 e. The van der Waals surface area contributed by atoms with E-state index in [1.165, 1.54) is 0 Å². The van der Waals surface area contributed by atoms with Crippen molar-refractivity contribution in [3.8, 4) is 0 Å². The highest BCUT2D eigenvalue weighted by Crippen LogP contribution is 2.25.